The van der Waals surface area contributed by atoms with Crippen molar-refractivity contribution in [2.75, 3.05) is 11.9 Å². The molecule has 1 heterocycles. The zero-order valence-electron chi connectivity index (χ0n) is 16.9. The van der Waals surface area contributed by atoms with Crippen LogP contribution in [0.5, 0.6) is 0 Å². The Morgan fingerprint density at radius 3 is 2.50 bits per heavy atom. The molecule has 28 heavy (non-hydrogen) atoms. The fraction of sp³-hybridized carbons (Fsp3) is 0.292. The van der Waals surface area contributed by atoms with Crippen molar-refractivity contribution in [2.45, 2.75) is 38.3 Å². The molecule has 0 saturated carbocycles. The van der Waals surface area contributed by atoms with E-state index in [4.69, 9.17) is 0 Å². The molecular weight excluding hydrogens is 348 g/mol. The van der Waals surface area contributed by atoms with Gasteiger partial charge in [-0.3, -0.25) is 4.79 Å². The van der Waals surface area contributed by atoms with Crippen LogP contribution in [0, 0.1) is 0 Å². The van der Waals surface area contributed by atoms with Crippen LogP contribution < -0.4 is 5.32 Å². The number of para-hydroxylation sites is 1. The summed E-state index contributed by atoms with van der Waals surface area (Å²) in [5.74, 6) is -0.453. The van der Waals surface area contributed by atoms with Crippen molar-refractivity contribution < 1.29 is 9.90 Å². The van der Waals surface area contributed by atoms with Gasteiger partial charge in [0, 0.05) is 23.8 Å². The molecule has 0 aromatic heterocycles. The summed E-state index contributed by atoms with van der Waals surface area (Å²) in [6.45, 7) is 19.9. The van der Waals surface area contributed by atoms with E-state index in [1.165, 1.54) is 6.92 Å². The van der Waals surface area contributed by atoms with Gasteiger partial charge < -0.3 is 15.3 Å². The number of amides is 1. The average Bonchev–Trinajstić information content (AvgIpc) is 2.65. The smallest absolute Gasteiger partial charge is 0.257 e. The van der Waals surface area contributed by atoms with E-state index in [0.29, 0.717) is 18.5 Å². The topological polar surface area (TPSA) is 52.6 Å². The minimum Gasteiger partial charge on any atom is -0.378 e. The van der Waals surface area contributed by atoms with Gasteiger partial charge in [0.2, 0.25) is 0 Å². The Kier molecular flexibility index (Phi) is 6.81. The molecule has 0 fully saturated rings. The van der Waals surface area contributed by atoms with Gasteiger partial charge in [-0.2, -0.15) is 0 Å². The maximum atomic E-state index is 12.7. The van der Waals surface area contributed by atoms with Crippen LogP contribution in [0.1, 0.15) is 26.7 Å². The number of hydrogen-bond acceptors (Lipinski definition) is 3. The van der Waals surface area contributed by atoms with Crippen LogP contribution in [0.25, 0.3) is 0 Å². The molecule has 148 valence electrons. The van der Waals surface area contributed by atoms with Crippen molar-refractivity contribution in [3.63, 3.8) is 0 Å². The Morgan fingerprint density at radius 1 is 1.29 bits per heavy atom. The van der Waals surface area contributed by atoms with E-state index >= 15 is 0 Å². The Bertz CT molecular complexity index is 818. The standard InChI is InChI=1S/C24H30N2O2/c1-7-20-15-19(5)26(18(4)14-17(3)22(20)8-2)16-24(6,28)23(27)25-21-12-10-9-11-13-21/h7-13,18,28H,1-3,5,14-16H2,4,6H3,(H,25,27)/b22-20-/t18?,24-/m0/s1. The normalized spacial score (nSPS) is 22.7. The summed E-state index contributed by atoms with van der Waals surface area (Å²) in [7, 11) is 0. The van der Waals surface area contributed by atoms with Gasteiger partial charge in [-0.1, -0.05) is 56.7 Å². The van der Waals surface area contributed by atoms with Crippen molar-refractivity contribution in [1.29, 1.82) is 0 Å². The number of carbonyl (C=O) groups excluding carboxylic acids is 1. The molecular formula is C24H30N2O2. The van der Waals surface area contributed by atoms with Gasteiger partial charge in [-0.15, -0.1) is 0 Å². The number of aliphatic hydroxyl groups is 1. The molecule has 1 aromatic rings. The second kappa shape index (κ2) is 8.89. The number of anilines is 1. The van der Waals surface area contributed by atoms with Gasteiger partial charge in [0.1, 0.15) is 0 Å². The first-order chi connectivity index (χ1) is 13.2. The highest BCUT2D eigenvalue weighted by Crippen LogP contribution is 2.32. The predicted molar refractivity (Wildman–Crippen MR) is 117 cm³/mol. The zero-order chi connectivity index (χ0) is 20.9. The first kappa shape index (κ1) is 21.5. The molecule has 4 nitrogen and oxygen atoms in total. The van der Waals surface area contributed by atoms with Crippen molar-refractivity contribution in [2.24, 2.45) is 0 Å². The Morgan fingerprint density at radius 2 is 1.93 bits per heavy atom. The lowest BCUT2D eigenvalue weighted by atomic mass is 9.89. The van der Waals surface area contributed by atoms with E-state index in [9.17, 15) is 9.90 Å². The molecule has 0 saturated heterocycles. The average molecular weight is 379 g/mol. The summed E-state index contributed by atoms with van der Waals surface area (Å²) < 4.78 is 0. The molecule has 0 aliphatic carbocycles. The van der Waals surface area contributed by atoms with E-state index in [0.717, 1.165) is 22.4 Å². The minimum atomic E-state index is -1.59. The molecule has 2 rings (SSSR count). The number of allylic oxidation sites excluding steroid dienone is 4. The Labute approximate surface area is 168 Å². The molecule has 0 bridgehead atoms. The van der Waals surface area contributed by atoms with Gasteiger partial charge in [0.15, 0.2) is 5.60 Å². The summed E-state index contributed by atoms with van der Waals surface area (Å²) in [4.78, 5) is 14.7. The molecule has 1 aromatic carbocycles. The largest absolute Gasteiger partial charge is 0.378 e. The highest BCUT2D eigenvalue weighted by Gasteiger charge is 2.35. The molecule has 4 heteroatoms. The zero-order valence-corrected chi connectivity index (χ0v) is 16.9. The third-order valence-corrected chi connectivity index (χ3v) is 5.05. The third kappa shape index (κ3) is 4.90. The number of β-amino-alcohol motifs (C(OH)–C–C–N with tert-alkyl or cyclic N) is 1. The quantitative estimate of drug-likeness (QED) is 0.761. The molecule has 0 radical (unpaired) electrons. The molecule has 1 aliphatic heterocycles. The number of rotatable bonds is 6. The lowest BCUT2D eigenvalue weighted by Crippen LogP contribution is -2.51. The van der Waals surface area contributed by atoms with Crippen LogP contribution in [0.4, 0.5) is 5.69 Å². The first-order valence-electron chi connectivity index (χ1n) is 9.39. The summed E-state index contributed by atoms with van der Waals surface area (Å²) in [5, 5.41) is 13.7. The predicted octanol–water partition coefficient (Wildman–Crippen LogP) is 4.60. The van der Waals surface area contributed by atoms with Crippen LogP contribution in [-0.4, -0.2) is 34.1 Å². The summed E-state index contributed by atoms with van der Waals surface area (Å²) in [6.07, 6.45) is 4.83. The summed E-state index contributed by atoms with van der Waals surface area (Å²) >= 11 is 0. The molecule has 1 aliphatic rings. The van der Waals surface area contributed by atoms with E-state index in [1.54, 1.807) is 24.3 Å². The molecule has 2 atom stereocenters. The first-order valence-corrected chi connectivity index (χ1v) is 9.39. The van der Waals surface area contributed by atoms with Crippen molar-refractivity contribution in [3.8, 4) is 0 Å². The van der Waals surface area contributed by atoms with Crippen LogP contribution in [0.15, 0.2) is 91.2 Å². The monoisotopic (exact) mass is 378 g/mol. The highest BCUT2D eigenvalue weighted by molar-refractivity contribution is 5.97. The van der Waals surface area contributed by atoms with Gasteiger partial charge in [-0.25, -0.2) is 0 Å². The number of carbonyl (C=O) groups is 1. The molecule has 0 spiro atoms. The van der Waals surface area contributed by atoms with Crippen molar-refractivity contribution >= 4 is 11.6 Å². The van der Waals surface area contributed by atoms with E-state index in [-0.39, 0.29) is 12.6 Å². The fourth-order valence-corrected chi connectivity index (χ4v) is 3.45. The van der Waals surface area contributed by atoms with Gasteiger partial charge in [0.25, 0.3) is 5.91 Å². The third-order valence-electron chi connectivity index (χ3n) is 5.05. The van der Waals surface area contributed by atoms with Crippen molar-refractivity contribution in [1.82, 2.24) is 4.90 Å². The molecule has 2 N–H and O–H groups in total. The highest BCUT2D eigenvalue weighted by atomic mass is 16.3. The lowest BCUT2D eigenvalue weighted by Gasteiger charge is -2.39. The van der Waals surface area contributed by atoms with Gasteiger partial charge >= 0.3 is 0 Å². The Hall–Kier alpha value is -2.85. The maximum absolute atomic E-state index is 12.7. The van der Waals surface area contributed by atoms with Crippen molar-refractivity contribution in [3.05, 3.63) is 91.2 Å². The van der Waals surface area contributed by atoms with Gasteiger partial charge in [0.05, 0.1) is 6.54 Å². The Balaban J connectivity index is 2.23. The SMILES string of the molecule is C=C/C1=C(\C=C)C(=C)CC(C)N(C[C@](C)(O)C(=O)Nc2ccccc2)C(=C)C1. The van der Waals surface area contributed by atoms with Crippen LogP contribution >= 0.6 is 0 Å². The van der Waals surface area contributed by atoms with Gasteiger partial charge in [-0.05, 0) is 49.1 Å². The lowest BCUT2D eigenvalue weighted by molar-refractivity contribution is -0.134. The number of benzene rings is 1. The second-order valence-corrected chi connectivity index (χ2v) is 7.47. The molecule has 1 amide bonds. The van der Waals surface area contributed by atoms with E-state index in [1.807, 2.05) is 30.0 Å². The van der Waals surface area contributed by atoms with E-state index < -0.39 is 11.5 Å². The number of hydrogen-bond donors (Lipinski definition) is 2. The molecule has 1 unspecified atom stereocenters. The second-order valence-electron chi connectivity index (χ2n) is 7.47. The van der Waals surface area contributed by atoms with E-state index in [2.05, 4.69) is 31.6 Å². The number of nitrogens with zero attached hydrogens (tertiary/aromatic N) is 1. The summed E-state index contributed by atoms with van der Waals surface area (Å²) in [5.41, 5.74) is 2.83. The maximum Gasteiger partial charge on any atom is 0.257 e. The number of nitrogens with one attached hydrogen (secondary N) is 1. The fourth-order valence-electron chi connectivity index (χ4n) is 3.45. The van der Waals surface area contributed by atoms with Crippen LogP contribution in [0.2, 0.25) is 0 Å². The minimum absolute atomic E-state index is 0.0253. The van der Waals surface area contributed by atoms with Crippen LogP contribution in [-0.2, 0) is 4.79 Å². The van der Waals surface area contributed by atoms with Crippen LogP contribution in [0.3, 0.4) is 0 Å². The summed E-state index contributed by atoms with van der Waals surface area (Å²) in [6, 6.07) is 9.13.